The van der Waals surface area contributed by atoms with E-state index in [4.69, 9.17) is 4.74 Å². The van der Waals surface area contributed by atoms with Crippen LogP contribution in [-0.4, -0.2) is 33.4 Å². The van der Waals surface area contributed by atoms with Crippen LogP contribution < -0.4 is 4.90 Å². The highest BCUT2D eigenvalue weighted by molar-refractivity contribution is 4.46. The molecule has 0 bridgehead atoms. The molecule has 2 nitrogen and oxygen atoms in total. The second-order valence-corrected chi connectivity index (χ2v) is 3.41. The number of rotatable bonds is 4. The van der Waals surface area contributed by atoms with Crippen LogP contribution >= 0.6 is 0 Å². The molecule has 0 amide bonds. The first-order valence-electron chi connectivity index (χ1n) is 4.76. The molecular formula is C9H20NO+. The highest BCUT2D eigenvalue weighted by Crippen LogP contribution is 1.94. The predicted molar refractivity (Wildman–Crippen MR) is 45.9 cm³/mol. The van der Waals surface area contributed by atoms with Crippen molar-refractivity contribution in [1.82, 2.24) is 0 Å². The van der Waals surface area contributed by atoms with Crippen LogP contribution in [0.4, 0.5) is 0 Å². The number of hydrogen-bond acceptors (Lipinski definition) is 1. The summed E-state index contributed by atoms with van der Waals surface area (Å²) in [6.45, 7) is 5.03. The molecule has 1 aliphatic rings. The number of methoxy groups -OCH3 is 1. The van der Waals surface area contributed by atoms with Gasteiger partial charge in [-0.2, -0.15) is 0 Å². The van der Waals surface area contributed by atoms with Crippen molar-refractivity contribution in [2.45, 2.75) is 25.7 Å². The third kappa shape index (κ3) is 3.73. The Hall–Kier alpha value is -0.0800. The van der Waals surface area contributed by atoms with Gasteiger partial charge >= 0.3 is 0 Å². The van der Waals surface area contributed by atoms with Crippen molar-refractivity contribution in [2.75, 3.05) is 33.4 Å². The standard InChI is InChI=1S/C9H19NO/c1-11-9-5-8-10-6-3-2-4-7-10/h2-9H2,1H3/p+1. The highest BCUT2D eigenvalue weighted by atomic mass is 16.5. The Balaban J connectivity index is 1.96. The van der Waals surface area contributed by atoms with Crippen LogP contribution in [0.15, 0.2) is 0 Å². The third-order valence-corrected chi connectivity index (χ3v) is 2.44. The number of piperidine rings is 1. The summed E-state index contributed by atoms with van der Waals surface area (Å²) < 4.78 is 5.02. The summed E-state index contributed by atoms with van der Waals surface area (Å²) in [5, 5.41) is 0. The van der Waals surface area contributed by atoms with E-state index < -0.39 is 0 Å². The second-order valence-electron chi connectivity index (χ2n) is 3.41. The van der Waals surface area contributed by atoms with Crippen molar-refractivity contribution in [3.63, 3.8) is 0 Å². The van der Waals surface area contributed by atoms with Crippen LogP contribution in [0.1, 0.15) is 25.7 Å². The molecule has 0 radical (unpaired) electrons. The van der Waals surface area contributed by atoms with Crippen LogP contribution in [-0.2, 0) is 4.74 Å². The lowest BCUT2D eigenvalue weighted by molar-refractivity contribution is -0.905. The predicted octanol–water partition coefficient (Wildman–Crippen LogP) is 0.0917. The Morgan fingerprint density at radius 2 is 1.91 bits per heavy atom. The Kier molecular flexibility index (Phi) is 4.55. The van der Waals surface area contributed by atoms with E-state index in [0.717, 1.165) is 6.61 Å². The van der Waals surface area contributed by atoms with Crippen molar-refractivity contribution in [3.8, 4) is 0 Å². The smallest absolute Gasteiger partial charge is 0.0793 e. The molecule has 0 saturated carbocycles. The maximum absolute atomic E-state index is 5.02. The minimum absolute atomic E-state index is 0.934. The van der Waals surface area contributed by atoms with Crippen molar-refractivity contribution < 1.29 is 9.64 Å². The SMILES string of the molecule is COCCC[NH+]1CCCCC1. The van der Waals surface area contributed by atoms with Gasteiger partial charge in [-0.3, -0.25) is 0 Å². The van der Waals surface area contributed by atoms with Crippen LogP contribution in [0, 0.1) is 0 Å². The van der Waals surface area contributed by atoms with Crippen molar-refractivity contribution >= 4 is 0 Å². The Bertz CT molecular complexity index is 89.6. The van der Waals surface area contributed by atoms with E-state index in [0.29, 0.717) is 0 Å². The molecule has 0 aromatic rings. The van der Waals surface area contributed by atoms with Gasteiger partial charge in [-0.25, -0.2) is 0 Å². The zero-order chi connectivity index (χ0) is 7.94. The normalized spacial score (nSPS) is 20.5. The third-order valence-electron chi connectivity index (χ3n) is 2.44. The lowest BCUT2D eigenvalue weighted by Gasteiger charge is -2.23. The van der Waals surface area contributed by atoms with Gasteiger partial charge in [-0.15, -0.1) is 0 Å². The molecule has 0 aromatic heterocycles. The van der Waals surface area contributed by atoms with Gasteiger partial charge in [0.05, 0.1) is 26.2 Å². The fourth-order valence-electron chi connectivity index (χ4n) is 1.77. The summed E-state index contributed by atoms with van der Waals surface area (Å²) in [4.78, 5) is 1.79. The molecule has 1 aliphatic heterocycles. The number of ether oxygens (including phenoxy) is 1. The van der Waals surface area contributed by atoms with Crippen molar-refractivity contribution in [2.24, 2.45) is 0 Å². The van der Waals surface area contributed by atoms with Gasteiger partial charge in [-0.05, 0) is 19.3 Å². The first-order valence-corrected chi connectivity index (χ1v) is 4.76. The maximum Gasteiger partial charge on any atom is 0.0793 e. The van der Waals surface area contributed by atoms with Gasteiger partial charge < -0.3 is 9.64 Å². The lowest BCUT2D eigenvalue weighted by Crippen LogP contribution is -3.12. The maximum atomic E-state index is 5.02. The van der Waals surface area contributed by atoms with E-state index in [1.807, 2.05) is 0 Å². The molecule has 1 rings (SSSR count). The summed E-state index contributed by atoms with van der Waals surface area (Å²) in [6.07, 6.45) is 5.55. The zero-order valence-corrected chi connectivity index (χ0v) is 7.57. The molecule has 0 aliphatic carbocycles. The monoisotopic (exact) mass is 158 g/mol. The largest absolute Gasteiger partial charge is 0.384 e. The quantitative estimate of drug-likeness (QED) is 0.573. The summed E-state index contributed by atoms with van der Waals surface area (Å²) >= 11 is 0. The summed E-state index contributed by atoms with van der Waals surface area (Å²) in [5.74, 6) is 0. The molecule has 66 valence electrons. The molecule has 1 heterocycles. The number of quaternary nitrogens is 1. The molecular weight excluding hydrogens is 138 g/mol. The number of likely N-dealkylation sites (tertiary alicyclic amines) is 1. The van der Waals surface area contributed by atoms with Gasteiger partial charge in [0.2, 0.25) is 0 Å². The van der Waals surface area contributed by atoms with Crippen molar-refractivity contribution in [1.29, 1.82) is 0 Å². The molecule has 0 spiro atoms. The van der Waals surface area contributed by atoms with Crippen LogP contribution in [0.25, 0.3) is 0 Å². The minimum Gasteiger partial charge on any atom is -0.384 e. The van der Waals surface area contributed by atoms with Gasteiger partial charge in [0.25, 0.3) is 0 Å². The average Bonchev–Trinajstić information content (AvgIpc) is 2.07. The molecule has 1 saturated heterocycles. The van der Waals surface area contributed by atoms with E-state index >= 15 is 0 Å². The first kappa shape index (κ1) is 9.01. The van der Waals surface area contributed by atoms with Gasteiger partial charge in [0, 0.05) is 13.5 Å². The van der Waals surface area contributed by atoms with E-state index in [-0.39, 0.29) is 0 Å². The molecule has 1 fully saturated rings. The molecule has 0 atom stereocenters. The van der Waals surface area contributed by atoms with Crippen LogP contribution in [0.5, 0.6) is 0 Å². The molecule has 2 heteroatoms. The van der Waals surface area contributed by atoms with E-state index in [1.165, 1.54) is 45.3 Å². The fraction of sp³-hybridized carbons (Fsp3) is 1.00. The van der Waals surface area contributed by atoms with Gasteiger partial charge in [-0.1, -0.05) is 0 Å². The van der Waals surface area contributed by atoms with Crippen molar-refractivity contribution in [3.05, 3.63) is 0 Å². The summed E-state index contributed by atoms with van der Waals surface area (Å²) in [7, 11) is 1.78. The number of hydrogen-bond donors (Lipinski definition) is 1. The molecule has 0 unspecified atom stereocenters. The Morgan fingerprint density at radius 3 is 2.55 bits per heavy atom. The van der Waals surface area contributed by atoms with Crippen LogP contribution in [0.2, 0.25) is 0 Å². The van der Waals surface area contributed by atoms with Crippen LogP contribution in [0.3, 0.4) is 0 Å². The van der Waals surface area contributed by atoms with Gasteiger partial charge in [0.15, 0.2) is 0 Å². The molecule has 1 N–H and O–H groups in total. The summed E-state index contributed by atoms with van der Waals surface area (Å²) in [6, 6.07) is 0. The second kappa shape index (κ2) is 5.56. The first-order chi connectivity index (χ1) is 5.43. The van der Waals surface area contributed by atoms with E-state index in [2.05, 4.69) is 0 Å². The zero-order valence-electron chi connectivity index (χ0n) is 7.57. The topological polar surface area (TPSA) is 13.7 Å². The molecule has 11 heavy (non-hydrogen) atoms. The summed E-state index contributed by atoms with van der Waals surface area (Å²) in [5.41, 5.74) is 0. The minimum atomic E-state index is 0.934. The van der Waals surface area contributed by atoms with E-state index in [9.17, 15) is 0 Å². The Morgan fingerprint density at radius 1 is 1.18 bits per heavy atom. The fourth-order valence-corrected chi connectivity index (χ4v) is 1.77. The highest BCUT2D eigenvalue weighted by Gasteiger charge is 2.11. The Labute approximate surface area is 69.5 Å². The van der Waals surface area contributed by atoms with Gasteiger partial charge in [0.1, 0.15) is 0 Å². The average molecular weight is 158 g/mol. The number of nitrogens with one attached hydrogen (secondary N) is 1. The lowest BCUT2D eigenvalue weighted by atomic mass is 10.1. The molecule has 0 aromatic carbocycles. The van der Waals surface area contributed by atoms with E-state index in [1.54, 1.807) is 12.0 Å².